The van der Waals surface area contributed by atoms with Crippen molar-refractivity contribution in [3.8, 4) is 55.9 Å². The molecule has 9 aromatic carbocycles. The predicted octanol–water partition coefficient (Wildman–Crippen LogP) is 15.8. The summed E-state index contributed by atoms with van der Waals surface area (Å²) in [5, 5.41) is 5.34. The molecule has 11 aromatic rings. The number of nitrogens with zero attached hydrogens (tertiary/aromatic N) is 2. The van der Waals surface area contributed by atoms with Gasteiger partial charge in [-0.3, -0.25) is 0 Å². The summed E-state index contributed by atoms with van der Waals surface area (Å²) < 4.78 is 4.96. The van der Waals surface area contributed by atoms with E-state index in [0.29, 0.717) is 0 Å². The Bertz CT molecular complexity index is 3650. The first-order valence-electron chi connectivity index (χ1n) is 21.9. The average Bonchev–Trinajstić information content (AvgIpc) is 3.84. The van der Waals surface area contributed by atoms with Gasteiger partial charge in [0.25, 0.3) is 0 Å². The summed E-state index contributed by atoms with van der Waals surface area (Å²) in [5.41, 5.74) is 22.3. The van der Waals surface area contributed by atoms with E-state index in [2.05, 4.69) is 231 Å². The minimum absolute atomic E-state index is 0.145. The van der Waals surface area contributed by atoms with Gasteiger partial charge in [-0.2, -0.15) is 0 Å². The van der Waals surface area contributed by atoms with E-state index in [9.17, 15) is 0 Å². The zero-order valence-corrected chi connectivity index (χ0v) is 35.4. The highest BCUT2D eigenvalue weighted by atomic mass is 15.0. The molecular weight excluding hydrogens is 749 g/mol. The van der Waals surface area contributed by atoms with Crippen LogP contribution in [0.5, 0.6) is 0 Å². The number of fused-ring (bicyclic) bond motifs is 6. The largest absolute Gasteiger partial charge is 0.309 e. The Morgan fingerprint density at radius 2 is 0.855 bits per heavy atom. The summed E-state index contributed by atoms with van der Waals surface area (Å²) in [6.45, 7) is 9.61. The van der Waals surface area contributed by atoms with E-state index in [0.717, 1.165) is 0 Å². The van der Waals surface area contributed by atoms with Crippen LogP contribution in [0.25, 0.3) is 99.5 Å². The molecule has 2 heterocycles. The van der Waals surface area contributed by atoms with Gasteiger partial charge in [0.15, 0.2) is 0 Å². The predicted molar refractivity (Wildman–Crippen MR) is 261 cm³/mol. The lowest BCUT2D eigenvalue weighted by Gasteiger charge is -2.32. The molecule has 0 radical (unpaired) electrons. The van der Waals surface area contributed by atoms with E-state index in [4.69, 9.17) is 0 Å². The van der Waals surface area contributed by atoms with Crippen LogP contribution in [-0.2, 0) is 10.8 Å². The highest BCUT2D eigenvalue weighted by Crippen LogP contribution is 2.52. The lowest BCUT2D eigenvalue weighted by Crippen LogP contribution is -2.21. The average molecular weight is 793 g/mol. The molecule has 0 saturated heterocycles. The first-order valence-corrected chi connectivity index (χ1v) is 21.9. The molecule has 0 unspecified atom stereocenters. The third-order valence-electron chi connectivity index (χ3n) is 14.5. The summed E-state index contributed by atoms with van der Waals surface area (Å²) in [5.74, 6) is 0. The number of hydrogen-bond donors (Lipinski definition) is 0. The van der Waals surface area contributed by atoms with Gasteiger partial charge in [0.1, 0.15) is 0 Å². The molecule has 0 N–H and O–H groups in total. The molecule has 0 saturated carbocycles. The fraction of sp³-hybridized carbons (Fsp3) is 0.100. The first kappa shape index (κ1) is 35.3. The topological polar surface area (TPSA) is 9.86 Å². The van der Waals surface area contributed by atoms with Crippen LogP contribution >= 0.6 is 0 Å². The van der Waals surface area contributed by atoms with Gasteiger partial charge in [0.05, 0.1) is 22.1 Å². The van der Waals surface area contributed by atoms with Gasteiger partial charge in [-0.05, 0) is 121 Å². The fourth-order valence-corrected chi connectivity index (χ4v) is 11.4. The molecular formula is C60H44N2. The third kappa shape index (κ3) is 4.75. The molecule has 62 heavy (non-hydrogen) atoms. The zero-order valence-electron chi connectivity index (χ0n) is 35.4. The van der Waals surface area contributed by atoms with Crippen LogP contribution in [-0.4, -0.2) is 9.13 Å². The highest BCUT2D eigenvalue weighted by Gasteiger charge is 2.35. The van der Waals surface area contributed by atoms with E-state index in [1.807, 2.05) is 0 Å². The molecule has 2 aliphatic carbocycles. The van der Waals surface area contributed by atoms with E-state index in [1.54, 1.807) is 0 Å². The lowest BCUT2D eigenvalue weighted by atomic mass is 9.70. The van der Waals surface area contributed by atoms with Gasteiger partial charge < -0.3 is 9.13 Å². The van der Waals surface area contributed by atoms with Crippen molar-refractivity contribution >= 4 is 43.6 Å². The Kier molecular flexibility index (Phi) is 7.16. The molecule has 2 heteroatoms. The fourth-order valence-electron chi connectivity index (χ4n) is 11.4. The Morgan fingerprint density at radius 3 is 1.58 bits per heavy atom. The SMILES string of the molecule is CC1(C)c2cccc(c2)-c2cccc3c2c2c1cccc2n3-c1ccc(-c2cc3cc(c2)C(C)(C)c2c(-c4ccccc4)ccc4c2c2c-3cccc2n4-c2ccccc2)cc1. The summed E-state index contributed by atoms with van der Waals surface area (Å²) in [6, 6.07) is 73.0. The summed E-state index contributed by atoms with van der Waals surface area (Å²) in [6.07, 6.45) is 0. The Labute approximate surface area is 362 Å². The van der Waals surface area contributed by atoms with Crippen molar-refractivity contribution in [2.45, 2.75) is 38.5 Å². The van der Waals surface area contributed by atoms with E-state index in [-0.39, 0.29) is 10.8 Å². The Balaban J connectivity index is 1.03. The van der Waals surface area contributed by atoms with E-state index < -0.39 is 0 Å². The number of aromatic nitrogens is 2. The first-order chi connectivity index (χ1) is 30.3. The second-order valence-corrected chi connectivity index (χ2v) is 18.5. The molecule has 0 aliphatic heterocycles. The molecule has 294 valence electrons. The van der Waals surface area contributed by atoms with Gasteiger partial charge in [-0.15, -0.1) is 0 Å². The van der Waals surface area contributed by atoms with Gasteiger partial charge >= 0.3 is 0 Å². The summed E-state index contributed by atoms with van der Waals surface area (Å²) in [7, 11) is 0. The van der Waals surface area contributed by atoms with Crippen LogP contribution < -0.4 is 0 Å². The van der Waals surface area contributed by atoms with E-state index >= 15 is 0 Å². The van der Waals surface area contributed by atoms with Crippen molar-refractivity contribution in [2.75, 3.05) is 0 Å². The molecule has 0 amide bonds. The number of hydrogen-bond acceptors (Lipinski definition) is 0. The highest BCUT2D eigenvalue weighted by molar-refractivity contribution is 6.20. The summed E-state index contributed by atoms with van der Waals surface area (Å²) in [4.78, 5) is 0. The van der Waals surface area contributed by atoms with Crippen LogP contribution in [0.4, 0.5) is 0 Å². The number of benzene rings is 9. The van der Waals surface area contributed by atoms with E-state index in [1.165, 1.54) is 122 Å². The van der Waals surface area contributed by atoms with Gasteiger partial charge in [-0.25, -0.2) is 0 Å². The molecule has 0 spiro atoms. The molecule has 0 atom stereocenters. The molecule has 2 aromatic heterocycles. The van der Waals surface area contributed by atoms with Crippen molar-refractivity contribution in [3.63, 3.8) is 0 Å². The maximum Gasteiger partial charge on any atom is 0.0547 e. The minimum Gasteiger partial charge on any atom is -0.309 e. The quantitative estimate of drug-likeness (QED) is 0.168. The monoisotopic (exact) mass is 792 g/mol. The lowest BCUT2D eigenvalue weighted by molar-refractivity contribution is 0.647. The van der Waals surface area contributed by atoms with Gasteiger partial charge in [0, 0.05) is 43.7 Å². The van der Waals surface area contributed by atoms with Crippen LogP contribution in [0.1, 0.15) is 49.9 Å². The van der Waals surface area contributed by atoms with Gasteiger partial charge in [0.2, 0.25) is 0 Å². The van der Waals surface area contributed by atoms with Crippen LogP contribution in [0.3, 0.4) is 0 Å². The molecule has 2 aliphatic rings. The standard InChI is InChI=1S/C60H44N2/c1-59(2)42-18-11-17-39(34-42)46-21-12-24-50-54(46)56-49(59)23-14-26-52(56)62(50)45-29-27-37(28-30-45)40-33-41-36-43(35-40)60(3,4)58-48(38-15-7-5-8-16-38)31-32-53-57(58)55-47(41)22-13-25-51(55)61(53)44-19-9-6-10-20-44/h5-36H,1-4H3. The van der Waals surface area contributed by atoms with Gasteiger partial charge in [-0.1, -0.05) is 167 Å². The third-order valence-corrected chi connectivity index (χ3v) is 14.5. The van der Waals surface area contributed by atoms with Crippen molar-refractivity contribution in [2.24, 2.45) is 0 Å². The smallest absolute Gasteiger partial charge is 0.0547 e. The maximum absolute atomic E-state index is 2.49. The van der Waals surface area contributed by atoms with Crippen molar-refractivity contribution in [3.05, 3.63) is 216 Å². The number of rotatable bonds is 4. The van der Waals surface area contributed by atoms with Crippen LogP contribution in [0.2, 0.25) is 0 Å². The van der Waals surface area contributed by atoms with Crippen molar-refractivity contribution < 1.29 is 0 Å². The normalized spacial score (nSPS) is 14.4. The van der Waals surface area contributed by atoms with Crippen LogP contribution in [0.15, 0.2) is 194 Å². The maximum atomic E-state index is 2.49. The molecule has 2 nitrogen and oxygen atoms in total. The Hall–Kier alpha value is -7.42. The molecule has 0 fully saturated rings. The number of para-hydroxylation sites is 1. The zero-order chi connectivity index (χ0) is 41.5. The van der Waals surface area contributed by atoms with Crippen molar-refractivity contribution in [1.29, 1.82) is 0 Å². The molecule has 13 rings (SSSR count). The molecule has 4 bridgehead atoms. The van der Waals surface area contributed by atoms with Crippen LogP contribution in [0, 0.1) is 0 Å². The minimum atomic E-state index is -0.326. The second-order valence-electron chi connectivity index (χ2n) is 18.5. The summed E-state index contributed by atoms with van der Waals surface area (Å²) >= 11 is 0. The Morgan fingerprint density at radius 1 is 0.306 bits per heavy atom. The van der Waals surface area contributed by atoms with Crippen molar-refractivity contribution in [1.82, 2.24) is 9.13 Å². The second kappa shape index (κ2) is 12.6.